The van der Waals surface area contributed by atoms with Gasteiger partial charge in [0.2, 0.25) is 0 Å². The fourth-order valence-electron chi connectivity index (χ4n) is 5.05. The number of hydrogen-bond acceptors (Lipinski definition) is 3. The molecule has 3 nitrogen and oxygen atoms in total. The van der Waals surface area contributed by atoms with E-state index in [-0.39, 0.29) is 11.6 Å². The summed E-state index contributed by atoms with van der Waals surface area (Å²) < 4.78 is 18.9. The van der Waals surface area contributed by atoms with E-state index in [0.29, 0.717) is 5.92 Å². The quantitative estimate of drug-likeness (QED) is 0.245. The molecule has 3 aromatic carbocycles. The maximum Gasteiger partial charge on any atom is 0.340 e. The third-order valence-corrected chi connectivity index (χ3v) is 7.23. The Bertz CT molecular complexity index is 1230. The van der Waals surface area contributed by atoms with Gasteiger partial charge in [0.25, 0.3) is 0 Å². The summed E-state index contributed by atoms with van der Waals surface area (Å²) >= 11 is 0. The van der Waals surface area contributed by atoms with Crippen LogP contribution in [0.25, 0.3) is 0 Å². The van der Waals surface area contributed by atoms with Crippen LogP contribution in [0.5, 0.6) is 0 Å². The van der Waals surface area contributed by atoms with Crippen LogP contribution in [-0.2, 0) is 17.6 Å². The van der Waals surface area contributed by atoms with Crippen molar-refractivity contribution in [2.24, 2.45) is 5.92 Å². The first-order valence-electron chi connectivity index (χ1n) is 13.4. The topological polar surface area (TPSA) is 38.3 Å². The van der Waals surface area contributed by atoms with E-state index in [9.17, 15) is 9.18 Å². The maximum absolute atomic E-state index is 14.1. The Morgan fingerprint density at radius 3 is 2.19 bits per heavy atom. The van der Waals surface area contributed by atoms with Crippen molar-refractivity contribution in [3.8, 4) is 11.8 Å². The number of carbonyl (C=O) groups is 1. The first-order valence-corrected chi connectivity index (χ1v) is 13.4. The van der Waals surface area contributed by atoms with E-state index >= 15 is 0 Å². The summed E-state index contributed by atoms with van der Waals surface area (Å²) in [6.45, 7) is 2.21. The lowest BCUT2D eigenvalue weighted by molar-refractivity contribution is 0.0595. The first kappa shape index (κ1) is 26.5. The largest absolute Gasteiger partial charge is 0.465 e. The molecule has 37 heavy (non-hydrogen) atoms. The molecule has 0 amide bonds. The average Bonchev–Trinajstić information content (AvgIpc) is 3.47. The molecule has 0 spiro atoms. The monoisotopic (exact) mass is 497 g/mol. The van der Waals surface area contributed by atoms with Crippen LogP contribution in [0.2, 0.25) is 0 Å². The average molecular weight is 498 g/mol. The van der Waals surface area contributed by atoms with Crippen molar-refractivity contribution in [3.63, 3.8) is 0 Å². The lowest BCUT2D eigenvalue weighted by Crippen LogP contribution is -2.30. The highest BCUT2D eigenvalue weighted by Crippen LogP contribution is 2.31. The number of halogens is 1. The summed E-state index contributed by atoms with van der Waals surface area (Å²) in [5.41, 5.74) is 5.30. The molecule has 0 bridgehead atoms. The van der Waals surface area contributed by atoms with Crippen LogP contribution < -0.4 is 5.32 Å². The van der Waals surface area contributed by atoms with E-state index in [2.05, 4.69) is 72.6 Å². The first-order chi connectivity index (χ1) is 18.1. The molecule has 1 N–H and O–H groups in total. The maximum atomic E-state index is 14.1. The van der Waals surface area contributed by atoms with Crippen LogP contribution in [0.15, 0.2) is 66.7 Å². The van der Waals surface area contributed by atoms with E-state index in [4.69, 9.17) is 4.74 Å². The molecule has 1 unspecified atom stereocenters. The molecule has 4 rings (SSSR count). The SMILES string of the molecule is CCCCc1ccc(C#Cc2ccc(CC(Nc3ccc(F)c(C(=O)OC)c3)C3CCCC3)cc2)cc1. The number of nitrogens with one attached hydrogen (secondary N) is 1. The highest BCUT2D eigenvalue weighted by atomic mass is 19.1. The van der Waals surface area contributed by atoms with Gasteiger partial charge in [-0.15, -0.1) is 0 Å². The zero-order chi connectivity index (χ0) is 26.0. The van der Waals surface area contributed by atoms with E-state index in [1.807, 2.05) is 0 Å². The molecule has 0 aliphatic heterocycles. The van der Waals surface area contributed by atoms with Crippen molar-refractivity contribution in [2.75, 3.05) is 12.4 Å². The normalized spacial score (nSPS) is 14.0. The molecule has 1 atom stereocenters. The smallest absolute Gasteiger partial charge is 0.340 e. The van der Waals surface area contributed by atoms with E-state index in [0.717, 1.165) is 29.7 Å². The number of esters is 1. The molecule has 0 aromatic heterocycles. The van der Waals surface area contributed by atoms with Gasteiger partial charge < -0.3 is 10.1 Å². The van der Waals surface area contributed by atoms with Crippen molar-refractivity contribution in [3.05, 3.63) is 100 Å². The Balaban J connectivity index is 1.44. The van der Waals surface area contributed by atoms with Crippen molar-refractivity contribution >= 4 is 11.7 Å². The summed E-state index contributed by atoms with van der Waals surface area (Å²) in [7, 11) is 1.27. The molecule has 192 valence electrons. The predicted octanol–water partition coefficient (Wildman–Crippen LogP) is 7.57. The van der Waals surface area contributed by atoms with Gasteiger partial charge in [0, 0.05) is 22.9 Å². The van der Waals surface area contributed by atoms with Crippen LogP contribution in [0.1, 0.15) is 78.1 Å². The number of anilines is 1. The van der Waals surface area contributed by atoms with Gasteiger partial charge in [0.15, 0.2) is 0 Å². The number of ether oxygens (including phenoxy) is 1. The molecule has 0 radical (unpaired) electrons. The van der Waals surface area contributed by atoms with Crippen LogP contribution in [-0.4, -0.2) is 19.1 Å². The number of methoxy groups -OCH3 is 1. The molecule has 4 heteroatoms. The summed E-state index contributed by atoms with van der Waals surface area (Å²) in [5, 5.41) is 3.59. The highest BCUT2D eigenvalue weighted by Gasteiger charge is 2.26. The second kappa shape index (κ2) is 13.1. The zero-order valence-electron chi connectivity index (χ0n) is 21.9. The van der Waals surface area contributed by atoms with E-state index in [1.54, 1.807) is 12.1 Å². The Morgan fingerprint density at radius 1 is 0.973 bits per heavy atom. The third-order valence-electron chi connectivity index (χ3n) is 7.23. The second-order valence-corrected chi connectivity index (χ2v) is 9.93. The summed E-state index contributed by atoms with van der Waals surface area (Å²) in [4.78, 5) is 11.9. The highest BCUT2D eigenvalue weighted by molar-refractivity contribution is 5.90. The molecule has 3 aromatic rings. The van der Waals surface area contributed by atoms with E-state index < -0.39 is 11.8 Å². The Kier molecular flexibility index (Phi) is 9.38. The van der Waals surface area contributed by atoms with Crippen LogP contribution in [0.4, 0.5) is 10.1 Å². The van der Waals surface area contributed by atoms with Gasteiger partial charge in [0.1, 0.15) is 5.82 Å². The summed E-state index contributed by atoms with van der Waals surface area (Å²) in [6, 6.07) is 21.8. The lowest BCUT2D eigenvalue weighted by Gasteiger charge is -2.26. The zero-order valence-corrected chi connectivity index (χ0v) is 21.9. The van der Waals surface area contributed by atoms with Crippen molar-refractivity contribution in [1.29, 1.82) is 0 Å². The van der Waals surface area contributed by atoms with Gasteiger partial charge in [-0.2, -0.15) is 0 Å². The molecule has 1 fully saturated rings. The van der Waals surface area contributed by atoms with Crippen LogP contribution >= 0.6 is 0 Å². The molecular formula is C33H36FNO2. The molecule has 1 saturated carbocycles. The van der Waals surface area contributed by atoms with Gasteiger partial charge >= 0.3 is 5.97 Å². The summed E-state index contributed by atoms with van der Waals surface area (Å²) in [5.74, 6) is 5.86. The lowest BCUT2D eigenvalue weighted by atomic mass is 9.91. The minimum absolute atomic E-state index is 0.0452. The molecule has 1 aliphatic rings. The number of aryl methyl sites for hydroxylation is 1. The molecule has 1 aliphatic carbocycles. The standard InChI is InChI=1S/C33H36FNO2/c1-3-4-7-24-10-12-25(13-11-24)14-15-26-16-18-27(19-17-26)22-32(28-8-5-6-9-28)35-29-20-21-31(34)30(23-29)33(36)37-2/h10-13,16-21,23,28,32,35H,3-9,22H2,1-2H3. The fourth-order valence-corrected chi connectivity index (χ4v) is 5.05. The van der Waals surface area contributed by atoms with Gasteiger partial charge in [-0.3, -0.25) is 0 Å². The number of rotatable bonds is 9. The minimum Gasteiger partial charge on any atom is -0.465 e. The number of hydrogen-bond donors (Lipinski definition) is 1. The van der Waals surface area contributed by atoms with Gasteiger partial charge in [-0.25, -0.2) is 9.18 Å². The van der Waals surface area contributed by atoms with Crippen LogP contribution in [0.3, 0.4) is 0 Å². The third kappa shape index (κ3) is 7.46. The number of unbranched alkanes of at least 4 members (excludes halogenated alkanes) is 1. The fraction of sp³-hybridized carbons (Fsp3) is 0.364. The number of benzene rings is 3. The Morgan fingerprint density at radius 2 is 1.59 bits per heavy atom. The second-order valence-electron chi connectivity index (χ2n) is 9.93. The molecule has 0 saturated heterocycles. The van der Waals surface area contributed by atoms with Crippen molar-refractivity contribution in [2.45, 2.75) is 64.3 Å². The predicted molar refractivity (Wildman–Crippen MR) is 148 cm³/mol. The van der Waals surface area contributed by atoms with Crippen molar-refractivity contribution in [1.82, 2.24) is 0 Å². The molecule has 0 heterocycles. The number of carbonyl (C=O) groups excluding carboxylic acids is 1. The van der Waals surface area contributed by atoms with Crippen LogP contribution in [0, 0.1) is 23.6 Å². The molecular weight excluding hydrogens is 461 g/mol. The minimum atomic E-state index is -0.664. The van der Waals surface area contributed by atoms with Gasteiger partial charge in [0.05, 0.1) is 12.7 Å². The Hall–Kier alpha value is -3.58. The Labute approximate surface area is 220 Å². The van der Waals surface area contributed by atoms with Gasteiger partial charge in [-0.1, -0.05) is 62.3 Å². The van der Waals surface area contributed by atoms with Crippen molar-refractivity contribution < 1.29 is 13.9 Å². The van der Waals surface area contributed by atoms with Gasteiger partial charge in [-0.05, 0) is 91.6 Å². The summed E-state index contributed by atoms with van der Waals surface area (Å²) in [6.07, 6.45) is 9.19. The van der Waals surface area contributed by atoms with E-state index in [1.165, 1.54) is 62.8 Å².